The van der Waals surface area contributed by atoms with Gasteiger partial charge in [-0.1, -0.05) is 30.3 Å². The molecule has 0 spiro atoms. The van der Waals surface area contributed by atoms with E-state index in [2.05, 4.69) is 10.4 Å². The molecule has 1 atom stereocenters. The fourth-order valence-corrected chi connectivity index (χ4v) is 2.93. The second-order valence-corrected chi connectivity index (χ2v) is 5.70. The zero-order chi connectivity index (χ0) is 16.2. The summed E-state index contributed by atoms with van der Waals surface area (Å²) >= 11 is 0. The summed E-state index contributed by atoms with van der Waals surface area (Å²) in [5.74, 6) is -1.96. The first-order valence-corrected chi connectivity index (χ1v) is 7.77. The van der Waals surface area contributed by atoms with Crippen molar-refractivity contribution in [1.82, 2.24) is 15.1 Å². The molecule has 0 fully saturated rings. The molecule has 0 aliphatic carbocycles. The van der Waals surface area contributed by atoms with E-state index in [1.54, 1.807) is 30.5 Å². The number of aliphatic carboxylic acids is 1. The van der Waals surface area contributed by atoms with Crippen molar-refractivity contribution in [3.05, 3.63) is 53.3 Å². The van der Waals surface area contributed by atoms with Crippen LogP contribution in [0.3, 0.4) is 0 Å². The van der Waals surface area contributed by atoms with E-state index >= 15 is 0 Å². The monoisotopic (exact) mass is 313 g/mol. The van der Waals surface area contributed by atoms with E-state index in [4.69, 9.17) is 0 Å². The molecule has 1 aromatic heterocycles. The van der Waals surface area contributed by atoms with Gasteiger partial charge in [0.1, 0.15) is 0 Å². The van der Waals surface area contributed by atoms with Crippen molar-refractivity contribution >= 4 is 11.9 Å². The van der Waals surface area contributed by atoms with Crippen molar-refractivity contribution in [2.45, 2.75) is 31.7 Å². The maximum absolute atomic E-state index is 12.4. The minimum atomic E-state index is -0.950. The second-order valence-electron chi connectivity index (χ2n) is 5.70. The molecule has 2 N–H and O–H groups in total. The first kappa shape index (κ1) is 15.3. The summed E-state index contributed by atoms with van der Waals surface area (Å²) in [6.07, 6.45) is 4.54. The number of nitrogens with zero attached hydrogens (tertiary/aromatic N) is 2. The maximum atomic E-state index is 12.4. The number of benzene rings is 1. The van der Waals surface area contributed by atoms with Crippen LogP contribution in [0, 0.1) is 0 Å². The van der Waals surface area contributed by atoms with E-state index in [1.165, 1.54) is 0 Å². The lowest BCUT2D eigenvalue weighted by atomic mass is 9.99. The van der Waals surface area contributed by atoms with Gasteiger partial charge in [-0.3, -0.25) is 14.3 Å². The molecule has 0 radical (unpaired) electrons. The molecule has 0 saturated heterocycles. The highest BCUT2D eigenvalue weighted by atomic mass is 16.4. The molecule has 3 rings (SSSR count). The number of rotatable bonds is 5. The van der Waals surface area contributed by atoms with Crippen LogP contribution in [0.5, 0.6) is 0 Å². The number of carbonyl (C=O) groups excluding carboxylic acids is 1. The van der Waals surface area contributed by atoms with Crippen LogP contribution in [0.1, 0.15) is 40.4 Å². The number of carboxylic acids is 1. The molecular formula is C17H19N3O3. The SMILES string of the molecule is O=C(NCC(C(=O)O)c1ccccc1)c1cnn2c1CCCC2. The minimum Gasteiger partial charge on any atom is -0.481 e. The van der Waals surface area contributed by atoms with Crippen LogP contribution in [-0.2, 0) is 17.8 Å². The van der Waals surface area contributed by atoms with Crippen molar-refractivity contribution in [3.63, 3.8) is 0 Å². The van der Waals surface area contributed by atoms with Crippen LogP contribution in [0.25, 0.3) is 0 Å². The standard InChI is InChI=1S/C17H19N3O3/c21-16(14-11-19-20-9-5-4-8-15(14)20)18-10-13(17(22)23)12-6-2-1-3-7-12/h1-3,6-7,11,13H,4-5,8-10H2,(H,18,21)(H,22,23). The summed E-state index contributed by atoms with van der Waals surface area (Å²) in [7, 11) is 0. The van der Waals surface area contributed by atoms with Gasteiger partial charge in [-0.25, -0.2) is 0 Å². The van der Waals surface area contributed by atoms with Crippen LogP contribution < -0.4 is 5.32 Å². The Balaban J connectivity index is 1.70. The van der Waals surface area contributed by atoms with Crippen LogP contribution in [-0.4, -0.2) is 33.3 Å². The summed E-state index contributed by atoms with van der Waals surface area (Å²) in [6, 6.07) is 8.93. The molecule has 0 bridgehead atoms. The number of nitrogens with one attached hydrogen (secondary N) is 1. The lowest BCUT2D eigenvalue weighted by molar-refractivity contribution is -0.138. The van der Waals surface area contributed by atoms with Gasteiger partial charge in [0, 0.05) is 13.1 Å². The molecule has 0 saturated carbocycles. The van der Waals surface area contributed by atoms with Crippen molar-refractivity contribution in [2.75, 3.05) is 6.54 Å². The molecular weight excluding hydrogens is 294 g/mol. The number of amides is 1. The molecule has 1 aliphatic heterocycles. The summed E-state index contributed by atoms with van der Waals surface area (Å²) in [5.41, 5.74) is 2.18. The highest BCUT2D eigenvalue weighted by Gasteiger charge is 2.23. The zero-order valence-corrected chi connectivity index (χ0v) is 12.7. The molecule has 2 heterocycles. The van der Waals surface area contributed by atoms with Crippen LogP contribution >= 0.6 is 0 Å². The van der Waals surface area contributed by atoms with Gasteiger partial charge < -0.3 is 10.4 Å². The minimum absolute atomic E-state index is 0.0583. The number of carbonyl (C=O) groups is 2. The first-order valence-electron chi connectivity index (χ1n) is 7.77. The number of hydrogen-bond donors (Lipinski definition) is 2. The van der Waals surface area contributed by atoms with Crippen molar-refractivity contribution < 1.29 is 14.7 Å². The highest BCUT2D eigenvalue weighted by molar-refractivity contribution is 5.95. The molecule has 1 aromatic carbocycles. The Bertz CT molecular complexity index is 709. The maximum Gasteiger partial charge on any atom is 0.312 e. The van der Waals surface area contributed by atoms with E-state index in [1.807, 2.05) is 10.7 Å². The third-order valence-corrected chi connectivity index (χ3v) is 4.19. The molecule has 2 aromatic rings. The zero-order valence-electron chi connectivity index (χ0n) is 12.7. The summed E-state index contributed by atoms with van der Waals surface area (Å²) in [6.45, 7) is 0.896. The average molecular weight is 313 g/mol. The molecule has 120 valence electrons. The lowest BCUT2D eigenvalue weighted by Gasteiger charge is -2.16. The van der Waals surface area contributed by atoms with Crippen LogP contribution in [0.15, 0.2) is 36.5 Å². The molecule has 1 amide bonds. The Labute approximate surface area is 134 Å². The van der Waals surface area contributed by atoms with E-state index in [0.717, 1.165) is 31.5 Å². The molecule has 6 heteroatoms. The Morgan fingerprint density at radius 3 is 2.78 bits per heavy atom. The number of aromatic nitrogens is 2. The van der Waals surface area contributed by atoms with Crippen LogP contribution in [0.2, 0.25) is 0 Å². The van der Waals surface area contributed by atoms with E-state index in [-0.39, 0.29) is 12.5 Å². The Morgan fingerprint density at radius 2 is 2.04 bits per heavy atom. The van der Waals surface area contributed by atoms with E-state index in [0.29, 0.717) is 11.1 Å². The Hall–Kier alpha value is -2.63. The quantitative estimate of drug-likeness (QED) is 0.882. The lowest BCUT2D eigenvalue weighted by Crippen LogP contribution is -2.32. The van der Waals surface area contributed by atoms with Crippen LogP contribution in [0.4, 0.5) is 0 Å². The van der Waals surface area contributed by atoms with E-state index < -0.39 is 11.9 Å². The predicted octanol–water partition coefficient (Wildman–Crippen LogP) is 1.82. The highest BCUT2D eigenvalue weighted by Crippen LogP contribution is 2.19. The summed E-state index contributed by atoms with van der Waals surface area (Å²) < 4.78 is 1.87. The normalized spacial score (nSPS) is 14.8. The summed E-state index contributed by atoms with van der Waals surface area (Å²) in [4.78, 5) is 23.8. The van der Waals surface area contributed by atoms with E-state index in [9.17, 15) is 14.7 Å². The fraction of sp³-hybridized carbons (Fsp3) is 0.353. The summed E-state index contributed by atoms with van der Waals surface area (Å²) in [5, 5.41) is 16.4. The number of fused-ring (bicyclic) bond motifs is 1. The molecule has 6 nitrogen and oxygen atoms in total. The molecule has 1 aliphatic rings. The van der Waals surface area contributed by atoms with Gasteiger partial charge in [0.2, 0.25) is 0 Å². The van der Waals surface area contributed by atoms with Gasteiger partial charge in [-0.05, 0) is 24.8 Å². The third-order valence-electron chi connectivity index (χ3n) is 4.19. The topological polar surface area (TPSA) is 84.2 Å². The largest absolute Gasteiger partial charge is 0.481 e. The Kier molecular flexibility index (Phi) is 4.41. The number of carboxylic acid groups (broad SMARTS) is 1. The van der Waals surface area contributed by atoms with Gasteiger partial charge in [0.25, 0.3) is 5.91 Å². The smallest absolute Gasteiger partial charge is 0.312 e. The van der Waals surface area contributed by atoms with Crippen molar-refractivity contribution in [1.29, 1.82) is 0 Å². The van der Waals surface area contributed by atoms with Gasteiger partial charge >= 0.3 is 5.97 Å². The Morgan fingerprint density at radius 1 is 1.26 bits per heavy atom. The number of aryl methyl sites for hydroxylation is 1. The third kappa shape index (κ3) is 3.26. The number of hydrogen-bond acceptors (Lipinski definition) is 3. The van der Waals surface area contributed by atoms with Gasteiger partial charge in [0.15, 0.2) is 0 Å². The van der Waals surface area contributed by atoms with Crippen molar-refractivity contribution in [3.8, 4) is 0 Å². The average Bonchev–Trinajstić information content (AvgIpc) is 2.99. The second kappa shape index (κ2) is 6.64. The van der Waals surface area contributed by atoms with Gasteiger partial charge in [-0.2, -0.15) is 5.10 Å². The van der Waals surface area contributed by atoms with Gasteiger partial charge in [0.05, 0.1) is 23.4 Å². The van der Waals surface area contributed by atoms with Gasteiger partial charge in [-0.15, -0.1) is 0 Å². The fourth-order valence-electron chi connectivity index (χ4n) is 2.93. The first-order chi connectivity index (χ1) is 11.2. The molecule has 1 unspecified atom stereocenters. The van der Waals surface area contributed by atoms with Crippen molar-refractivity contribution in [2.24, 2.45) is 0 Å². The molecule has 23 heavy (non-hydrogen) atoms. The predicted molar refractivity (Wildman–Crippen MR) is 84.3 cm³/mol.